The maximum Gasteiger partial charge on any atom is 0.238 e. The molecule has 0 bridgehead atoms. The smallest absolute Gasteiger partial charge is 0.238 e. The standard InChI is InChI=1S/C13H15N3O/c1-4-5-16-11-7-10(15)9(14)6-8(11)13(2,3)12(16)17/h1,6-7H,5,14-15H2,2-3H3. The first-order valence-corrected chi connectivity index (χ1v) is 5.34. The van der Waals surface area contributed by atoms with E-state index >= 15 is 0 Å². The highest BCUT2D eigenvalue weighted by Gasteiger charge is 2.43. The molecule has 0 saturated carbocycles. The molecule has 2 rings (SSSR count). The van der Waals surface area contributed by atoms with Gasteiger partial charge < -0.3 is 11.5 Å². The summed E-state index contributed by atoms with van der Waals surface area (Å²) in [7, 11) is 0. The largest absolute Gasteiger partial charge is 0.397 e. The number of anilines is 3. The minimum absolute atomic E-state index is 0.0181. The molecule has 0 saturated heterocycles. The number of hydrogen-bond acceptors (Lipinski definition) is 3. The molecule has 17 heavy (non-hydrogen) atoms. The Labute approximate surface area is 101 Å². The van der Waals surface area contributed by atoms with Crippen molar-refractivity contribution in [2.45, 2.75) is 19.3 Å². The van der Waals surface area contributed by atoms with Crippen molar-refractivity contribution in [3.8, 4) is 12.3 Å². The number of nitrogens with two attached hydrogens (primary N) is 2. The first-order valence-electron chi connectivity index (χ1n) is 5.34. The summed E-state index contributed by atoms with van der Waals surface area (Å²) in [5.74, 6) is 2.47. The molecule has 1 aliphatic heterocycles. The van der Waals surface area contributed by atoms with Crippen LogP contribution in [0.3, 0.4) is 0 Å². The van der Waals surface area contributed by atoms with Crippen LogP contribution >= 0.6 is 0 Å². The molecule has 0 atom stereocenters. The molecular weight excluding hydrogens is 214 g/mol. The predicted molar refractivity (Wildman–Crippen MR) is 69.5 cm³/mol. The van der Waals surface area contributed by atoms with Crippen LogP contribution in [0.2, 0.25) is 0 Å². The van der Waals surface area contributed by atoms with Crippen molar-refractivity contribution < 1.29 is 4.79 Å². The van der Waals surface area contributed by atoms with Crippen LogP contribution < -0.4 is 16.4 Å². The lowest BCUT2D eigenvalue weighted by Crippen LogP contribution is -2.36. The number of carbonyl (C=O) groups excluding carboxylic acids is 1. The summed E-state index contributed by atoms with van der Waals surface area (Å²) in [6.07, 6.45) is 5.28. The fourth-order valence-corrected chi connectivity index (χ4v) is 2.16. The zero-order chi connectivity index (χ0) is 12.8. The summed E-state index contributed by atoms with van der Waals surface area (Å²) >= 11 is 0. The van der Waals surface area contributed by atoms with E-state index in [1.807, 2.05) is 13.8 Å². The molecule has 1 aromatic rings. The molecule has 0 radical (unpaired) electrons. The van der Waals surface area contributed by atoms with Gasteiger partial charge in [-0.15, -0.1) is 6.42 Å². The summed E-state index contributed by atoms with van der Waals surface area (Å²) in [4.78, 5) is 13.8. The molecule has 4 nitrogen and oxygen atoms in total. The number of carbonyl (C=O) groups is 1. The van der Waals surface area contributed by atoms with Crippen LogP contribution in [-0.4, -0.2) is 12.5 Å². The number of terminal acetylenes is 1. The first-order chi connectivity index (χ1) is 7.89. The molecule has 1 aliphatic rings. The lowest BCUT2D eigenvalue weighted by atomic mass is 9.86. The van der Waals surface area contributed by atoms with Crippen molar-refractivity contribution in [2.75, 3.05) is 22.9 Å². The summed E-state index contributed by atoms with van der Waals surface area (Å²) in [6.45, 7) is 3.97. The van der Waals surface area contributed by atoms with Crippen molar-refractivity contribution in [1.82, 2.24) is 0 Å². The number of benzene rings is 1. The van der Waals surface area contributed by atoms with Gasteiger partial charge in [0.15, 0.2) is 0 Å². The van der Waals surface area contributed by atoms with E-state index in [1.165, 1.54) is 0 Å². The van der Waals surface area contributed by atoms with Crippen molar-refractivity contribution in [1.29, 1.82) is 0 Å². The van der Waals surface area contributed by atoms with Gasteiger partial charge in [0.2, 0.25) is 5.91 Å². The van der Waals surface area contributed by atoms with Gasteiger partial charge in [-0.25, -0.2) is 0 Å². The second-order valence-electron chi connectivity index (χ2n) is 4.72. The fourth-order valence-electron chi connectivity index (χ4n) is 2.16. The number of fused-ring (bicyclic) bond motifs is 1. The number of nitrogens with zero attached hydrogens (tertiary/aromatic N) is 1. The van der Waals surface area contributed by atoms with E-state index in [9.17, 15) is 4.79 Å². The molecule has 0 aliphatic carbocycles. The Morgan fingerprint density at radius 2 is 1.94 bits per heavy atom. The third-order valence-electron chi connectivity index (χ3n) is 3.19. The van der Waals surface area contributed by atoms with Crippen LogP contribution in [0.5, 0.6) is 0 Å². The lowest BCUT2D eigenvalue weighted by Gasteiger charge is -2.18. The highest BCUT2D eigenvalue weighted by Crippen LogP contribution is 2.43. The normalized spacial score (nSPS) is 16.8. The minimum Gasteiger partial charge on any atom is -0.397 e. The fraction of sp³-hybridized carbons (Fsp3) is 0.308. The van der Waals surface area contributed by atoms with Gasteiger partial charge in [0.25, 0.3) is 0 Å². The van der Waals surface area contributed by atoms with Crippen LogP contribution in [0, 0.1) is 12.3 Å². The van der Waals surface area contributed by atoms with E-state index in [-0.39, 0.29) is 12.5 Å². The number of hydrogen-bond donors (Lipinski definition) is 2. The van der Waals surface area contributed by atoms with Crippen molar-refractivity contribution in [3.63, 3.8) is 0 Å². The van der Waals surface area contributed by atoms with E-state index in [1.54, 1.807) is 17.0 Å². The highest BCUT2D eigenvalue weighted by molar-refractivity contribution is 6.09. The zero-order valence-corrected chi connectivity index (χ0v) is 9.95. The zero-order valence-electron chi connectivity index (χ0n) is 9.95. The maximum absolute atomic E-state index is 12.2. The molecule has 0 aromatic heterocycles. The van der Waals surface area contributed by atoms with E-state index in [0.29, 0.717) is 11.4 Å². The van der Waals surface area contributed by atoms with Gasteiger partial charge in [0.1, 0.15) is 0 Å². The van der Waals surface area contributed by atoms with E-state index in [0.717, 1.165) is 11.3 Å². The van der Waals surface area contributed by atoms with Gasteiger partial charge in [-0.3, -0.25) is 9.69 Å². The first kappa shape index (κ1) is 11.3. The average molecular weight is 229 g/mol. The van der Waals surface area contributed by atoms with Crippen LogP contribution in [-0.2, 0) is 10.2 Å². The van der Waals surface area contributed by atoms with Crippen LogP contribution in [0.1, 0.15) is 19.4 Å². The quantitative estimate of drug-likeness (QED) is 0.559. The van der Waals surface area contributed by atoms with Gasteiger partial charge in [0.05, 0.1) is 29.0 Å². The Kier molecular flexibility index (Phi) is 2.28. The van der Waals surface area contributed by atoms with Crippen molar-refractivity contribution >= 4 is 23.0 Å². The van der Waals surface area contributed by atoms with Crippen LogP contribution in [0.25, 0.3) is 0 Å². The SMILES string of the molecule is C#CCN1C(=O)C(C)(C)c2cc(N)c(N)cc21. The Bertz CT molecular complexity index is 540. The monoisotopic (exact) mass is 229 g/mol. The molecular formula is C13H15N3O. The van der Waals surface area contributed by atoms with Gasteiger partial charge in [-0.2, -0.15) is 0 Å². The van der Waals surface area contributed by atoms with E-state index in [2.05, 4.69) is 5.92 Å². The van der Waals surface area contributed by atoms with E-state index < -0.39 is 5.41 Å². The number of nitrogen functional groups attached to an aromatic ring is 2. The molecule has 0 fully saturated rings. The minimum atomic E-state index is -0.603. The van der Waals surface area contributed by atoms with Crippen LogP contribution in [0.15, 0.2) is 12.1 Å². The Morgan fingerprint density at radius 3 is 2.53 bits per heavy atom. The summed E-state index contributed by atoms with van der Waals surface area (Å²) in [6, 6.07) is 3.48. The molecule has 0 spiro atoms. The van der Waals surface area contributed by atoms with Crippen LogP contribution in [0.4, 0.5) is 17.1 Å². The molecule has 1 aromatic carbocycles. The molecule has 0 unspecified atom stereocenters. The van der Waals surface area contributed by atoms with Gasteiger partial charge in [-0.1, -0.05) is 5.92 Å². The molecule has 1 amide bonds. The summed E-state index contributed by atoms with van der Waals surface area (Å²) < 4.78 is 0. The van der Waals surface area contributed by atoms with Gasteiger partial charge in [0, 0.05) is 0 Å². The lowest BCUT2D eigenvalue weighted by molar-refractivity contribution is -0.121. The third-order valence-corrected chi connectivity index (χ3v) is 3.19. The third kappa shape index (κ3) is 1.43. The molecule has 1 heterocycles. The van der Waals surface area contributed by atoms with Gasteiger partial charge in [-0.05, 0) is 31.5 Å². The summed E-state index contributed by atoms with van der Waals surface area (Å²) in [5, 5.41) is 0. The Balaban J connectivity index is 2.66. The summed E-state index contributed by atoms with van der Waals surface area (Å²) in [5.41, 5.74) is 13.6. The van der Waals surface area contributed by atoms with E-state index in [4.69, 9.17) is 17.9 Å². The molecule has 88 valence electrons. The highest BCUT2D eigenvalue weighted by atomic mass is 16.2. The van der Waals surface area contributed by atoms with Crippen molar-refractivity contribution in [3.05, 3.63) is 17.7 Å². The Morgan fingerprint density at radius 1 is 1.35 bits per heavy atom. The topological polar surface area (TPSA) is 72.3 Å². The molecule has 4 N–H and O–H groups in total. The Hall–Kier alpha value is -2.15. The van der Waals surface area contributed by atoms with Gasteiger partial charge >= 0.3 is 0 Å². The second-order valence-corrected chi connectivity index (χ2v) is 4.72. The average Bonchev–Trinajstić information content (AvgIpc) is 2.43. The maximum atomic E-state index is 12.2. The predicted octanol–water partition coefficient (Wildman–Crippen LogP) is 1.11. The molecule has 4 heteroatoms. The second kappa shape index (κ2) is 3.42. The van der Waals surface area contributed by atoms with Crippen molar-refractivity contribution in [2.24, 2.45) is 0 Å². The number of amides is 1. The number of rotatable bonds is 1.